The minimum atomic E-state index is -3.15. The third-order valence-corrected chi connectivity index (χ3v) is 5.14. The van der Waals surface area contributed by atoms with Gasteiger partial charge in [-0.05, 0) is 49.9 Å². The Hall–Kier alpha value is -0.690. The SMILES string of the molecule is C[C@@H](c1ccc(F)c(Cl)c1)N1CCC[C@H](CNS(C)(=O)=O)C1. The van der Waals surface area contributed by atoms with Gasteiger partial charge in [-0.3, -0.25) is 4.90 Å². The van der Waals surface area contributed by atoms with Gasteiger partial charge in [0.05, 0.1) is 11.3 Å². The molecular weight excluding hydrogens is 327 g/mol. The van der Waals surface area contributed by atoms with E-state index in [0.29, 0.717) is 12.5 Å². The summed E-state index contributed by atoms with van der Waals surface area (Å²) in [4.78, 5) is 2.29. The minimum Gasteiger partial charge on any atom is -0.296 e. The van der Waals surface area contributed by atoms with Gasteiger partial charge in [-0.2, -0.15) is 0 Å². The minimum absolute atomic E-state index is 0.124. The molecule has 1 aromatic carbocycles. The quantitative estimate of drug-likeness (QED) is 0.890. The lowest BCUT2D eigenvalue weighted by molar-refractivity contribution is 0.133. The fraction of sp³-hybridized carbons (Fsp3) is 0.600. The first-order chi connectivity index (χ1) is 10.3. The van der Waals surface area contributed by atoms with Crippen LogP contribution < -0.4 is 4.72 Å². The number of piperidine rings is 1. The monoisotopic (exact) mass is 348 g/mol. The molecule has 0 amide bonds. The van der Waals surface area contributed by atoms with Crippen molar-refractivity contribution in [3.63, 3.8) is 0 Å². The highest BCUT2D eigenvalue weighted by Crippen LogP contribution is 2.28. The zero-order chi connectivity index (χ0) is 16.3. The highest BCUT2D eigenvalue weighted by atomic mass is 35.5. The lowest BCUT2D eigenvalue weighted by atomic mass is 9.95. The van der Waals surface area contributed by atoms with E-state index in [1.165, 1.54) is 12.3 Å². The zero-order valence-corrected chi connectivity index (χ0v) is 14.4. The Bertz CT molecular complexity index is 624. The molecular formula is C15H22ClFN2O2S. The number of likely N-dealkylation sites (tertiary alicyclic amines) is 1. The maximum absolute atomic E-state index is 13.3. The Labute approximate surface area is 136 Å². The van der Waals surface area contributed by atoms with Crippen molar-refractivity contribution in [3.05, 3.63) is 34.6 Å². The standard InChI is InChI=1S/C15H22ClFN2O2S/c1-11(13-5-6-15(17)14(16)8-13)19-7-3-4-12(10-19)9-18-22(2,20)21/h5-6,8,11-12,18H,3-4,7,9-10H2,1-2H3/t11-,12+/m0/s1. The number of rotatable bonds is 5. The summed E-state index contributed by atoms with van der Waals surface area (Å²) in [5.41, 5.74) is 0.975. The second-order valence-electron chi connectivity index (χ2n) is 5.97. The third-order valence-electron chi connectivity index (χ3n) is 4.16. The molecule has 1 aromatic rings. The number of nitrogens with zero attached hydrogens (tertiary/aromatic N) is 1. The van der Waals surface area contributed by atoms with Gasteiger partial charge in [-0.15, -0.1) is 0 Å². The Kier molecular flexibility index (Phi) is 5.82. The van der Waals surface area contributed by atoms with E-state index in [1.54, 1.807) is 12.1 Å². The molecule has 2 rings (SSSR count). The molecule has 4 nitrogen and oxygen atoms in total. The molecule has 1 heterocycles. The lowest BCUT2D eigenvalue weighted by Gasteiger charge is -2.37. The fourth-order valence-electron chi connectivity index (χ4n) is 2.87. The van der Waals surface area contributed by atoms with Crippen LogP contribution in [0.5, 0.6) is 0 Å². The first kappa shape index (κ1) is 17.7. The van der Waals surface area contributed by atoms with Crippen LogP contribution in [0.25, 0.3) is 0 Å². The van der Waals surface area contributed by atoms with Crippen LogP contribution in [-0.2, 0) is 10.0 Å². The van der Waals surface area contributed by atoms with Gasteiger partial charge >= 0.3 is 0 Å². The summed E-state index contributed by atoms with van der Waals surface area (Å²) in [6.07, 6.45) is 3.21. The molecule has 0 saturated carbocycles. The molecule has 124 valence electrons. The molecule has 1 aliphatic rings. The molecule has 1 saturated heterocycles. The Morgan fingerprint density at radius 2 is 2.23 bits per heavy atom. The summed E-state index contributed by atoms with van der Waals surface area (Å²) < 4.78 is 38.3. The highest BCUT2D eigenvalue weighted by Gasteiger charge is 2.25. The summed E-state index contributed by atoms with van der Waals surface area (Å²) >= 11 is 5.86. The number of nitrogens with one attached hydrogen (secondary N) is 1. The van der Waals surface area contributed by atoms with Crippen LogP contribution in [0.2, 0.25) is 5.02 Å². The van der Waals surface area contributed by atoms with Gasteiger partial charge in [0, 0.05) is 19.1 Å². The van der Waals surface area contributed by atoms with Gasteiger partial charge in [-0.1, -0.05) is 17.7 Å². The van der Waals surface area contributed by atoms with E-state index in [4.69, 9.17) is 11.6 Å². The molecule has 0 aromatic heterocycles. The predicted octanol–water partition coefficient (Wildman–Crippen LogP) is 2.80. The summed E-state index contributed by atoms with van der Waals surface area (Å²) in [5.74, 6) is -0.117. The Morgan fingerprint density at radius 1 is 1.50 bits per heavy atom. The van der Waals surface area contributed by atoms with E-state index >= 15 is 0 Å². The van der Waals surface area contributed by atoms with E-state index in [9.17, 15) is 12.8 Å². The molecule has 1 aliphatic heterocycles. The maximum atomic E-state index is 13.3. The molecule has 1 N–H and O–H groups in total. The normalized spacial score (nSPS) is 21.7. The van der Waals surface area contributed by atoms with Crippen molar-refractivity contribution >= 4 is 21.6 Å². The second-order valence-corrected chi connectivity index (χ2v) is 8.21. The molecule has 1 fully saturated rings. The molecule has 0 bridgehead atoms. The average molecular weight is 349 g/mol. The molecule has 0 spiro atoms. The summed E-state index contributed by atoms with van der Waals surface area (Å²) in [6.45, 7) is 4.30. The highest BCUT2D eigenvalue weighted by molar-refractivity contribution is 7.88. The van der Waals surface area contributed by atoms with E-state index in [-0.39, 0.29) is 11.1 Å². The van der Waals surface area contributed by atoms with Crippen LogP contribution in [0.1, 0.15) is 31.4 Å². The lowest BCUT2D eigenvalue weighted by Crippen LogP contribution is -2.41. The third kappa shape index (κ3) is 4.91. The summed E-state index contributed by atoms with van der Waals surface area (Å²) in [5, 5.41) is 0.136. The van der Waals surface area contributed by atoms with Crippen molar-refractivity contribution in [2.45, 2.75) is 25.8 Å². The van der Waals surface area contributed by atoms with Crippen LogP contribution in [0.3, 0.4) is 0 Å². The fourth-order valence-corrected chi connectivity index (χ4v) is 3.60. The van der Waals surface area contributed by atoms with Crippen molar-refractivity contribution in [2.75, 3.05) is 25.9 Å². The molecule has 7 heteroatoms. The first-order valence-corrected chi connectivity index (χ1v) is 9.67. The Morgan fingerprint density at radius 3 is 2.86 bits per heavy atom. The number of halogens is 2. The molecule has 0 aliphatic carbocycles. The molecule has 0 radical (unpaired) electrons. The summed E-state index contributed by atoms with van der Waals surface area (Å²) in [6, 6.07) is 4.93. The van der Waals surface area contributed by atoms with Crippen molar-refractivity contribution in [1.29, 1.82) is 0 Å². The zero-order valence-electron chi connectivity index (χ0n) is 12.9. The van der Waals surface area contributed by atoms with Gasteiger partial charge in [0.1, 0.15) is 5.82 Å². The second kappa shape index (κ2) is 7.25. The van der Waals surface area contributed by atoms with Crippen LogP contribution in [-0.4, -0.2) is 39.2 Å². The van der Waals surface area contributed by atoms with Crippen molar-refractivity contribution in [3.8, 4) is 0 Å². The van der Waals surface area contributed by atoms with Crippen molar-refractivity contribution < 1.29 is 12.8 Å². The van der Waals surface area contributed by atoms with Gasteiger partial charge in [-0.25, -0.2) is 17.5 Å². The average Bonchev–Trinajstić information content (AvgIpc) is 2.47. The summed E-state index contributed by atoms with van der Waals surface area (Å²) in [7, 11) is -3.15. The smallest absolute Gasteiger partial charge is 0.208 e. The van der Waals surface area contributed by atoms with E-state index in [0.717, 1.165) is 31.5 Å². The first-order valence-electron chi connectivity index (χ1n) is 7.40. The largest absolute Gasteiger partial charge is 0.296 e. The van der Waals surface area contributed by atoms with Crippen molar-refractivity contribution in [2.24, 2.45) is 5.92 Å². The topological polar surface area (TPSA) is 49.4 Å². The molecule has 0 unspecified atom stereocenters. The van der Waals surface area contributed by atoms with Gasteiger partial charge < -0.3 is 0 Å². The molecule has 22 heavy (non-hydrogen) atoms. The van der Waals surface area contributed by atoms with E-state index < -0.39 is 15.8 Å². The number of hydrogen-bond acceptors (Lipinski definition) is 3. The van der Waals surface area contributed by atoms with Crippen LogP contribution in [0, 0.1) is 11.7 Å². The van der Waals surface area contributed by atoms with Crippen LogP contribution in [0.15, 0.2) is 18.2 Å². The predicted molar refractivity (Wildman–Crippen MR) is 87.0 cm³/mol. The van der Waals surface area contributed by atoms with Gasteiger partial charge in [0.25, 0.3) is 0 Å². The number of benzene rings is 1. The van der Waals surface area contributed by atoms with Crippen LogP contribution in [0.4, 0.5) is 4.39 Å². The number of sulfonamides is 1. The van der Waals surface area contributed by atoms with Crippen LogP contribution >= 0.6 is 11.6 Å². The van der Waals surface area contributed by atoms with E-state index in [2.05, 4.69) is 16.5 Å². The van der Waals surface area contributed by atoms with E-state index in [1.807, 2.05) is 0 Å². The Balaban J connectivity index is 2.00. The number of hydrogen-bond donors (Lipinski definition) is 1. The van der Waals surface area contributed by atoms with Gasteiger partial charge in [0.2, 0.25) is 10.0 Å². The van der Waals surface area contributed by atoms with Gasteiger partial charge in [0.15, 0.2) is 0 Å². The van der Waals surface area contributed by atoms with Crippen molar-refractivity contribution in [1.82, 2.24) is 9.62 Å². The molecule has 2 atom stereocenters. The maximum Gasteiger partial charge on any atom is 0.208 e.